The van der Waals surface area contributed by atoms with Gasteiger partial charge < -0.3 is 10.1 Å². The Bertz CT molecular complexity index is 1060. The smallest absolute Gasteiger partial charge is 0.340 e. The lowest BCUT2D eigenvalue weighted by molar-refractivity contribution is -0.384. The van der Waals surface area contributed by atoms with Crippen molar-refractivity contribution in [3.05, 3.63) is 62.1 Å². The van der Waals surface area contributed by atoms with Crippen molar-refractivity contribution >= 4 is 56.5 Å². The minimum atomic E-state index is -4.21. The highest BCUT2D eigenvalue weighted by Gasteiger charge is 2.21. The number of carbonyl (C=O) groups excluding carboxylic acids is 2. The van der Waals surface area contributed by atoms with Gasteiger partial charge in [-0.05, 0) is 24.3 Å². The van der Waals surface area contributed by atoms with Crippen LogP contribution in [-0.2, 0) is 19.6 Å². The zero-order chi connectivity index (χ0) is 21.1. The van der Waals surface area contributed by atoms with Crippen LogP contribution in [0.1, 0.15) is 10.4 Å². The number of carbonyl (C=O) groups is 2. The molecule has 0 atom stereocenters. The van der Waals surface area contributed by atoms with Crippen LogP contribution in [0.4, 0.5) is 11.4 Å². The average molecular weight is 448 g/mol. The first-order chi connectivity index (χ1) is 13.0. The van der Waals surface area contributed by atoms with Crippen molar-refractivity contribution in [1.29, 1.82) is 0 Å². The number of anilines is 1. The summed E-state index contributed by atoms with van der Waals surface area (Å²) in [5, 5.41) is 17.5. The molecule has 0 radical (unpaired) electrons. The minimum Gasteiger partial charge on any atom is -0.452 e. The van der Waals surface area contributed by atoms with Gasteiger partial charge in [-0.3, -0.25) is 14.9 Å². The second-order valence-corrected chi connectivity index (χ2v) is 7.58. The second kappa shape index (κ2) is 8.52. The van der Waals surface area contributed by atoms with E-state index in [0.29, 0.717) is 0 Å². The van der Waals surface area contributed by atoms with Crippen LogP contribution in [0.5, 0.6) is 0 Å². The summed E-state index contributed by atoms with van der Waals surface area (Å²) < 4.78 is 27.7. The number of sulfonamides is 1. The van der Waals surface area contributed by atoms with E-state index in [1.807, 2.05) is 0 Å². The summed E-state index contributed by atoms with van der Waals surface area (Å²) >= 11 is 11.6. The van der Waals surface area contributed by atoms with Gasteiger partial charge in [-0.25, -0.2) is 18.4 Å². The van der Waals surface area contributed by atoms with Gasteiger partial charge in [0.2, 0.25) is 10.0 Å². The maximum Gasteiger partial charge on any atom is 0.340 e. The maximum atomic E-state index is 12.1. The molecule has 2 aromatic rings. The van der Waals surface area contributed by atoms with Gasteiger partial charge in [0.05, 0.1) is 20.5 Å². The van der Waals surface area contributed by atoms with E-state index in [-0.39, 0.29) is 27.0 Å². The topological polar surface area (TPSA) is 159 Å². The number of esters is 1. The van der Waals surface area contributed by atoms with E-state index < -0.39 is 38.3 Å². The number of hydrogen-bond donors (Lipinski definition) is 2. The summed E-state index contributed by atoms with van der Waals surface area (Å²) in [7, 11) is -4.21. The average Bonchev–Trinajstić information content (AvgIpc) is 2.59. The number of nitrogens with zero attached hydrogens (tertiary/aromatic N) is 1. The van der Waals surface area contributed by atoms with E-state index in [0.717, 1.165) is 12.1 Å². The molecule has 0 aliphatic carbocycles. The van der Waals surface area contributed by atoms with E-state index in [1.165, 1.54) is 24.3 Å². The van der Waals surface area contributed by atoms with Gasteiger partial charge in [0, 0.05) is 17.8 Å². The third-order valence-corrected chi connectivity index (χ3v) is 4.93. The molecule has 0 aliphatic rings. The number of nitro benzene ring substituents is 1. The summed E-state index contributed by atoms with van der Waals surface area (Å²) in [6.07, 6.45) is 0. The standard InChI is InChI=1S/C15H11Cl2N3O7S/c16-11-6-12(17)13(28(18,25)26)5-10(11)15(22)27-7-14(21)19-8-1-3-9(4-2-8)20(23)24/h1-6H,7H2,(H,19,21)(H2,18,25,26). The Morgan fingerprint density at radius 2 is 1.75 bits per heavy atom. The molecule has 0 saturated heterocycles. The predicted octanol–water partition coefficient (Wildman–Crippen LogP) is 2.34. The molecule has 0 saturated carbocycles. The molecule has 0 spiro atoms. The summed E-state index contributed by atoms with van der Waals surface area (Å²) in [5.41, 5.74) is -0.265. The number of amides is 1. The SMILES string of the molecule is NS(=O)(=O)c1cc(C(=O)OCC(=O)Nc2ccc([N+](=O)[O-])cc2)c(Cl)cc1Cl. The lowest BCUT2D eigenvalue weighted by Crippen LogP contribution is -2.21. The van der Waals surface area contributed by atoms with Crippen LogP contribution in [0.25, 0.3) is 0 Å². The molecule has 0 unspecified atom stereocenters. The van der Waals surface area contributed by atoms with E-state index in [2.05, 4.69) is 5.32 Å². The van der Waals surface area contributed by atoms with Gasteiger partial charge in [0.15, 0.2) is 6.61 Å². The quantitative estimate of drug-likeness (QED) is 0.390. The molecule has 0 aliphatic heterocycles. The lowest BCUT2D eigenvalue weighted by atomic mass is 10.2. The number of ether oxygens (including phenoxy) is 1. The molecule has 0 fully saturated rings. The highest BCUT2D eigenvalue weighted by Crippen LogP contribution is 2.28. The molecule has 148 valence electrons. The largest absolute Gasteiger partial charge is 0.452 e. The number of non-ortho nitro benzene ring substituents is 1. The fourth-order valence-corrected chi connectivity index (χ4v) is 3.37. The Labute approximate surface area is 168 Å². The van der Waals surface area contributed by atoms with Crippen molar-refractivity contribution in [3.8, 4) is 0 Å². The van der Waals surface area contributed by atoms with Crippen LogP contribution < -0.4 is 10.5 Å². The summed E-state index contributed by atoms with van der Waals surface area (Å²) in [6, 6.07) is 6.82. The predicted molar refractivity (Wildman–Crippen MR) is 99.8 cm³/mol. The molecular formula is C15H11Cl2N3O7S. The van der Waals surface area contributed by atoms with Crippen molar-refractivity contribution in [1.82, 2.24) is 0 Å². The zero-order valence-electron chi connectivity index (χ0n) is 13.7. The monoisotopic (exact) mass is 447 g/mol. The highest BCUT2D eigenvalue weighted by atomic mass is 35.5. The van der Waals surface area contributed by atoms with E-state index >= 15 is 0 Å². The number of nitrogens with one attached hydrogen (secondary N) is 1. The van der Waals surface area contributed by atoms with E-state index in [1.54, 1.807) is 0 Å². The number of rotatable bonds is 6. The van der Waals surface area contributed by atoms with Crippen molar-refractivity contribution in [2.75, 3.05) is 11.9 Å². The Morgan fingerprint density at radius 3 is 2.29 bits per heavy atom. The van der Waals surface area contributed by atoms with Crippen molar-refractivity contribution < 1.29 is 27.7 Å². The van der Waals surface area contributed by atoms with Crippen LogP contribution in [0.2, 0.25) is 10.0 Å². The molecule has 1 amide bonds. The van der Waals surface area contributed by atoms with Crippen LogP contribution >= 0.6 is 23.2 Å². The molecule has 0 aromatic heterocycles. The summed E-state index contributed by atoms with van der Waals surface area (Å²) in [6.45, 7) is -0.723. The van der Waals surface area contributed by atoms with Gasteiger partial charge in [-0.2, -0.15) is 0 Å². The molecule has 0 bridgehead atoms. The molecule has 0 heterocycles. The second-order valence-electron chi connectivity index (χ2n) is 5.24. The molecule has 10 nitrogen and oxygen atoms in total. The first-order valence-corrected chi connectivity index (χ1v) is 9.52. The number of benzene rings is 2. The first-order valence-electron chi connectivity index (χ1n) is 7.22. The molecular weight excluding hydrogens is 437 g/mol. The van der Waals surface area contributed by atoms with Crippen LogP contribution in [0.15, 0.2) is 41.3 Å². The highest BCUT2D eigenvalue weighted by molar-refractivity contribution is 7.89. The minimum absolute atomic E-state index is 0.160. The Hall–Kier alpha value is -2.73. The van der Waals surface area contributed by atoms with Gasteiger partial charge in [0.25, 0.3) is 11.6 Å². The number of primary sulfonamides is 1. The van der Waals surface area contributed by atoms with Crippen molar-refractivity contribution in [2.24, 2.45) is 5.14 Å². The van der Waals surface area contributed by atoms with Crippen LogP contribution in [0.3, 0.4) is 0 Å². The van der Waals surface area contributed by atoms with Gasteiger partial charge in [-0.1, -0.05) is 23.2 Å². The third-order valence-electron chi connectivity index (χ3n) is 3.24. The summed E-state index contributed by atoms with van der Waals surface area (Å²) in [5.74, 6) is -1.82. The Morgan fingerprint density at radius 1 is 1.14 bits per heavy atom. The molecule has 2 rings (SSSR count). The fourth-order valence-electron chi connectivity index (χ4n) is 1.98. The number of hydrogen-bond acceptors (Lipinski definition) is 7. The zero-order valence-corrected chi connectivity index (χ0v) is 16.0. The van der Waals surface area contributed by atoms with Crippen LogP contribution in [-0.4, -0.2) is 31.8 Å². The van der Waals surface area contributed by atoms with Crippen molar-refractivity contribution in [3.63, 3.8) is 0 Å². The fraction of sp³-hybridized carbons (Fsp3) is 0.0667. The maximum absolute atomic E-state index is 12.1. The molecule has 13 heteroatoms. The lowest BCUT2D eigenvalue weighted by Gasteiger charge is -2.09. The number of halogens is 2. The summed E-state index contributed by atoms with van der Waals surface area (Å²) in [4.78, 5) is 33.4. The van der Waals surface area contributed by atoms with Gasteiger partial charge in [-0.15, -0.1) is 0 Å². The first kappa shape index (κ1) is 21.6. The van der Waals surface area contributed by atoms with Crippen molar-refractivity contribution in [2.45, 2.75) is 4.90 Å². The number of nitro groups is 1. The Kier molecular flexibility index (Phi) is 6.56. The molecule has 3 N–H and O–H groups in total. The van der Waals surface area contributed by atoms with Gasteiger partial charge in [0.1, 0.15) is 4.90 Å². The van der Waals surface area contributed by atoms with E-state index in [4.69, 9.17) is 33.1 Å². The van der Waals surface area contributed by atoms with Crippen LogP contribution in [0, 0.1) is 10.1 Å². The Balaban J connectivity index is 2.05. The third kappa shape index (κ3) is 5.39. The normalized spacial score (nSPS) is 11.0. The molecule has 28 heavy (non-hydrogen) atoms. The number of nitrogens with two attached hydrogens (primary N) is 1. The van der Waals surface area contributed by atoms with Gasteiger partial charge >= 0.3 is 5.97 Å². The van der Waals surface area contributed by atoms with E-state index in [9.17, 15) is 28.1 Å². The molecule has 2 aromatic carbocycles.